The molecule has 1 heterocycles. The fraction of sp³-hybridized carbons (Fsp3) is 0.0750. The van der Waals surface area contributed by atoms with Crippen LogP contribution in [0.25, 0.3) is 54.2 Å². The third-order valence-electron chi connectivity index (χ3n) is 8.23. The van der Waals surface area contributed by atoms with E-state index < -0.39 is 0 Å². The van der Waals surface area contributed by atoms with E-state index in [4.69, 9.17) is 4.98 Å². The van der Waals surface area contributed by atoms with Gasteiger partial charge in [-0.15, -0.1) is 11.3 Å². The Hall–Kier alpha value is -4.79. The lowest BCUT2D eigenvalue weighted by Gasteiger charge is -2.26. The van der Waals surface area contributed by atoms with Gasteiger partial charge in [-0.3, -0.25) is 0 Å². The van der Waals surface area contributed by atoms with E-state index in [9.17, 15) is 0 Å². The van der Waals surface area contributed by atoms with Crippen LogP contribution >= 0.6 is 11.3 Å². The van der Waals surface area contributed by atoms with Gasteiger partial charge in [-0.05, 0) is 74.8 Å². The van der Waals surface area contributed by atoms with Crippen LogP contribution in [0, 0.1) is 0 Å². The molecule has 0 atom stereocenters. The molecule has 0 amide bonds. The molecule has 0 aliphatic heterocycles. The third kappa shape index (κ3) is 5.06. The first-order valence-corrected chi connectivity index (χ1v) is 15.2. The Morgan fingerprint density at radius 2 is 0.905 bits per heavy atom. The number of hydrogen-bond donors (Lipinski definition) is 0. The van der Waals surface area contributed by atoms with Gasteiger partial charge in [-0.2, -0.15) is 0 Å². The Morgan fingerprint density at radius 3 is 1.50 bits per heavy atom. The van der Waals surface area contributed by atoms with Crippen LogP contribution in [0.5, 0.6) is 0 Å². The SMILES string of the molecule is CC(C)(c1ccccc1)c1ccc(-c2cccc(-c3cccc(-c4cccc(-c5nc6ccccc6s5)c4)c3)c2)cc1. The highest BCUT2D eigenvalue weighted by atomic mass is 32.1. The zero-order valence-electron chi connectivity index (χ0n) is 23.8. The predicted octanol–water partition coefficient (Wildman–Crippen LogP) is 11.3. The van der Waals surface area contributed by atoms with Crippen molar-refractivity contribution in [3.05, 3.63) is 163 Å². The normalized spacial score (nSPS) is 11.6. The standard InChI is InChI=1S/C40H31NS/c1-40(2,35-17-4-3-5-18-35)36-23-21-28(22-24-36)29-11-8-12-30(25-29)31-13-9-14-32(26-31)33-15-10-16-34(27-33)39-41-37-19-6-7-20-38(37)42-39/h3-27H,1-2H3. The maximum Gasteiger partial charge on any atom is 0.124 e. The number of thiazole rings is 1. The molecule has 0 fully saturated rings. The molecule has 6 aromatic carbocycles. The minimum Gasteiger partial charge on any atom is -0.236 e. The predicted molar refractivity (Wildman–Crippen MR) is 180 cm³/mol. The highest BCUT2D eigenvalue weighted by Crippen LogP contribution is 2.36. The van der Waals surface area contributed by atoms with E-state index in [0.29, 0.717) is 0 Å². The Kier molecular flexibility index (Phi) is 6.77. The van der Waals surface area contributed by atoms with Gasteiger partial charge in [0.2, 0.25) is 0 Å². The maximum absolute atomic E-state index is 4.87. The Bertz CT molecular complexity index is 1970. The van der Waals surface area contributed by atoms with Crippen molar-refractivity contribution >= 4 is 21.6 Å². The molecule has 0 spiro atoms. The molecule has 1 nitrogen and oxygen atoms in total. The fourth-order valence-electron chi connectivity index (χ4n) is 5.68. The lowest BCUT2D eigenvalue weighted by atomic mass is 9.78. The van der Waals surface area contributed by atoms with E-state index in [2.05, 4.69) is 159 Å². The Morgan fingerprint density at radius 1 is 0.429 bits per heavy atom. The lowest BCUT2D eigenvalue weighted by molar-refractivity contribution is 0.641. The minimum atomic E-state index is -0.0492. The molecule has 7 rings (SSSR count). The van der Waals surface area contributed by atoms with E-state index in [-0.39, 0.29) is 5.41 Å². The van der Waals surface area contributed by atoms with E-state index in [1.54, 1.807) is 11.3 Å². The number of para-hydroxylation sites is 1. The fourth-order valence-corrected chi connectivity index (χ4v) is 6.65. The summed E-state index contributed by atoms with van der Waals surface area (Å²) < 4.78 is 1.22. The van der Waals surface area contributed by atoms with Crippen molar-refractivity contribution in [2.45, 2.75) is 19.3 Å². The summed E-state index contributed by atoms with van der Waals surface area (Å²) in [6, 6.07) is 54.5. The molecule has 0 saturated carbocycles. The molecule has 0 bridgehead atoms. The van der Waals surface area contributed by atoms with Gasteiger partial charge < -0.3 is 0 Å². The van der Waals surface area contributed by atoms with Gasteiger partial charge in [0.15, 0.2) is 0 Å². The van der Waals surface area contributed by atoms with Crippen LogP contribution in [0.4, 0.5) is 0 Å². The number of rotatable bonds is 6. The largest absolute Gasteiger partial charge is 0.236 e. The molecule has 7 aromatic rings. The van der Waals surface area contributed by atoms with Gasteiger partial charge in [0.25, 0.3) is 0 Å². The molecule has 0 saturated heterocycles. The van der Waals surface area contributed by atoms with Crippen molar-refractivity contribution in [1.29, 1.82) is 0 Å². The average molecular weight is 558 g/mol. The lowest BCUT2D eigenvalue weighted by Crippen LogP contribution is -2.18. The molecule has 42 heavy (non-hydrogen) atoms. The minimum absolute atomic E-state index is 0.0492. The van der Waals surface area contributed by atoms with Crippen LogP contribution < -0.4 is 0 Å². The number of nitrogens with zero attached hydrogens (tertiary/aromatic N) is 1. The summed E-state index contributed by atoms with van der Waals surface area (Å²) in [6.07, 6.45) is 0. The zero-order valence-corrected chi connectivity index (χ0v) is 24.6. The first kappa shape index (κ1) is 26.1. The van der Waals surface area contributed by atoms with Gasteiger partial charge in [-0.25, -0.2) is 4.98 Å². The molecule has 1 aromatic heterocycles. The molecule has 0 N–H and O–H groups in total. The molecule has 2 heteroatoms. The van der Waals surface area contributed by atoms with Crippen LogP contribution in [-0.4, -0.2) is 4.98 Å². The highest BCUT2D eigenvalue weighted by Gasteiger charge is 2.22. The van der Waals surface area contributed by atoms with Gasteiger partial charge in [-0.1, -0.05) is 135 Å². The van der Waals surface area contributed by atoms with Crippen molar-refractivity contribution < 1.29 is 0 Å². The first-order chi connectivity index (χ1) is 20.5. The Balaban J connectivity index is 1.17. The molecular weight excluding hydrogens is 527 g/mol. The Labute approximate surface area is 251 Å². The second-order valence-electron chi connectivity index (χ2n) is 11.3. The summed E-state index contributed by atoms with van der Waals surface area (Å²) in [5, 5.41) is 1.06. The van der Waals surface area contributed by atoms with E-state index >= 15 is 0 Å². The second-order valence-corrected chi connectivity index (χ2v) is 12.3. The molecule has 0 unspecified atom stereocenters. The summed E-state index contributed by atoms with van der Waals surface area (Å²) in [5.41, 5.74) is 12.1. The summed E-state index contributed by atoms with van der Waals surface area (Å²) >= 11 is 1.74. The van der Waals surface area contributed by atoms with Crippen LogP contribution in [0.2, 0.25) is 0 Å². The smallest absolute Gasteiger partial charge is 0.124 e. The van der Waals surface area contributed by atoms with E-state index in [1.165, 1.54) is 49.2 Å². The van der Waals surface area contributed by atoms with Crippen molar-refractivity contribution in [2.75, 3.05) is 0 Å². The van der Waals surface area contributed by atoms with Crippen LogP contribution in [0.1, 0.15) is 25.0 Å². The van der Waals surface area contributed by atoms with Gasteiger partial charge in [0.1, 0.15) is 5.01 Å². The zero-order chi connectivity index (χ0) is 28.5. The van der Waals surface area contributed by atoms with Gasteiger partial charge >= 0.3 is 0 Å². The van der Waals surface area contributed by atoms with Gasteiger partial charge in [0.05, 0.1) is 10.2 Å². The maximum atomic E-state index is 4.87. The molecular formula is C40H31NS. The number of aromatic nitrogens is 1. The summed E-state index contributed by atoms with van der Waals surface area (Å²) in [5.74, 6) is 0. The topological polar surface area (TPSA) is 12.9 Å². The van der Waals surface area contributed by atoms with Crippen molar-refractivity contribution in [3.8, 4) is 44.0 Å². The summed E-state index contributed by atoms with van der Waals surface area (Å²) in [7, 11) is 0. The molecule has 0 aliphatic rings. The molecule has 202 valence electrons. The molecule has 0 aliphatic carbocycles. The van der Waals surface area contributed by atoms with E-state index in [0.717, 1.165) is 16.1 Å². The third-order valence-corrected chi connectivity index (χ3v) is 9.32. The highest BCUT2D eigenvalue weighted by molar-refractivity contribution is 7.21. The summed E-state index contributed by atoms with van der Waals surface area (Å²) in [6.45, 7) is 4.58. The van der Waals surface area contributed by atoms with Crippen molar-refractivity contribution in [1.82, 2.24) is 4.98 Å². The quantitative estimate of drug-likeness (QED) is 0.198. The first-order valence-electron chi connectivity index (χ1n) is 14.4. The number of fused-ring (bicyclic) bond motifs is 1. The van der Waals surface area contributed by atoms with Crippen molar-refractivity contribution in [3.63, 3.8) is 0 Å². The van der Waals surface area contributed by atoms with Gasteiger partial charge in [0, 0.05) is 11.0 Å². The van der Waals surface area contributed by atoms with Crippen LogP contribution in [-0.2, 0) is 5.41 Å². The average Bonchev–Trinajstić information content (AvgIpc) is 3.50. The van der Waals surface area contributed by atoms with Crippen LogP contribution in [0.15, 0.2) is 152 Å². The number of hydrogen-bond acceptors (Lipinski definition) is 2. The van der Waals surface area contributed by atoms with Crippen LogP contribution in [0.3, 0.4) is 0 Å². The second kappa shape index (κ2) is 10.9. The monoisotopic (exact) mass is 557 g/mol. The number of benzene rings is 6. The molecule has 0 radical (unpaired) electrons. The van der Waals surface area contributed by atoms with Crippen molar-refractivity contribution in [2.24, 2.45) is 0 Å². The summed E-state index contributed by atoms with van der Waals surface area (Å²) in [4.78, 5) is 4.87. The van der Waals surface area contributed by atoms with E-state index in [1.807, 2.05) is 6.07 Å².